The maximum atomic E-state index is 11.9. The van der Waals surface area contributed by atoms with Crippen LogP contribution >= 0.6 is 0 Å². The van der Waals surface area contributed by atoms with Crippen molar-refractivity contribution in [2.75, 3.05) is 21.9 Å². The van der Waals surface area contributed by atoms with Crippen LogP contribution in [0.2, 0.25) is 0 Å². The van der Waals surface area contributed by atoms with Crippen LogP contribution in [0.3, 0.4) is 0 Å². The average Bonchev–Trinajstić information content (AvgIpc) is 2.60. The quantitative estimate of drug-likeness (QED) is 0.903. The molecule has 1 aromatic carbocycles. The van der Waals surface area contributed by atoms with Gasteiger partial charge in [0.15, 0.2) is 0 Å². The predicted molar refractivity (Wildman–Crippen MR) is 80.4 cm³/mol. The van der Waals surface area contributed by atoms with E-state index in [9.17, 15) is 13.2 Å². The fourth-order valence-corrected chi connectivity index (χ4v) is 3.90. The summed E-state index contributed by atoms with van der Waals surface area (Å²) in [5.41, 5.74) is 2.28. The normalized spacial score (nSPS) is 14.8. The number of carbonyl (C=O) groups is 1. The average molecular weight is 296 g/mol. The monoisotopic (exact) mass is 296 g/mol. The molecule has 0 radical (unpaired) electrons. The lowest BCUT2D eigenvalue weighted by Crippen LogP contribution is -2.25. The summed E-state index contributed by atoms with van der Waals surface area (Å²) >= 11 is 0. The van der Waals surface area contributed by atoms with Gasteiger partial charge in [0.25, 0.3) is 0 Å². The molecule has 5 nitrogen and oxygen atoms in total. The van der Waals surface area contributed by atoms with Crippen molar-refractivity contribution in [1.29, 1.82) is 0 Å². The Bertz CT molecular complexity index is 623. The lowest BCUT2D eigenvalue weighted by molar-refractivity contribution is -0.117. The maximum Gasteiger partial charge on any atom is 0.232 e. The van der Waals surface area contributed by atoms with Gasteiger partial charge < -0.3 is 4.90 Å². The molecule has 1 aromatic rings. The predicted octanol–water partition coefficient (Wildman–Crippen LogP) is 1.99. The molecule has 6 heteroatoms. The summed E-state index contributed by atoms with van der Waals surface area (Å²) < 4.78 is 26.4. The van der Waals surface area contributed by atoms with E-state index in [-0.39, 0.29) is 17.6 Å². The van der Waals surface area contributed by atoms with Crippen LogP contribution in [0.1, 0.15) is 26.3 Å². The maximum absolute atomic E-state index is 11.9. The third kappa shape index (κ3) is 3.12. The minimum absolute atomic E-state index is 0.0599. The number of benzene rings is 1. The molecular weight excluding hydrogens is 276 g/mol. The summed E-state index contributed by atoms with van der Waals surface area (Å²) in [4.78, 5) is 13.5. The van der Waals surface area contributed by atoms with Crippen LogP contribution < -0.4 is 9.62 Å². The van der Waals surface area contributed by atoms with Gasteiger partial charge in [0.1, 0.15) is 0 Å². The number of hydrogen-bond acceptors (Lipinski definition) is 3. The van der Waals surface area contributed by atoms with Gasteiger partial charge in [-0.25, -0.2) is 8.42 Å². The van der Waals surface area contributed by atoms with Gasteiger partial charge in [-0.15, -0.1) is 0 Å². The molecule has 1 amide bonds. The van der Waals surface area contributed by atoms with Gasteiger partial charge in [0.2, 0.25) is 15.9 Å². The second-order valence-corrected chi connectivity index (χ2v) is 7.20. The van der Waals surface area contributed by atoms with E-state index in [0.29, 0.717) is 18.7 Å². The van der Waals surface area contributed by atoms with Crippen LogP contribution in [0, 0.1) is 5.92 Å². The Kier molecular flexibility index (Phi) is 4.04. The van der Waals surface area contributed by atoms with Crippen molar-refractivity contribution in [1.82, 2.24) is 0 Å². The number of hydrogen-bond donors (Lipinski definition) is 1. The Hall–Kier alpha value is -1.56. The van der Waals surface area contributed by atoms with Gasteiger partial charge in [-0.3, -0.25) is 9.52 Å². The number of likely N-dealkylation sites (N-methyl/N-ethyl adjacent to an activating group) is 1. The number of fused-ring (bicyclic) bond motifs is 1. The molecule has 20 heavy (non-hydrogen) atoms. The van der Waals surface area contributed by atoms with E-state index in [4.69, 9.17) is 0 Å². The first-order valence-corrected chi connectivity index (χ1v) is 8.41. The Balaban J connectivity index is 2.22. The standard InChI is InChI=1S/C14H20N2O3S/c1-4-16-13-6-5-12(7-11(13)8-14(16)17)15-20(18,19)9-10(2)3/h5-7,10,15H,4,8-9H2,1-3H3. The van der Waals surface area contributed by atoms with Crippen molar-refractivity contribution in [2.45, 2.75) is 27.2 Å². The molecule has 0 aromatic heterocycles. The molecule has 0 saturated heterocycles. The van der Waals surface area contributed by atoms with Gasteiger partial charge in [-0.2, -0.15) is 0 Å². The minimum Gasteiger partial charge on any atom is -0.312 e. The first-order valence-electron chi connectivity index (χ1n) is 6.76. The van der Waals surface area contributed by atoms with Crippen LogP contribution in [-0.2, 0) is 21.2 Å². The molecule has 0 aliphatic carbocycles. The third-order valence-corrected chi connectivity index (χ3v) is 4.81. The molecule has 1 aliphatic rings. The number of carbonyl (C=O) groups excluding carboxylic acids is 1. The molecule has 0 saturated carbocycles. The molecule has 2 rings (SSSR count). The highest BCUT2D eigenvalue weighted by Crippen LogP contribution is 2.31. The number of anilines is 2. The van der Waals surface area contributed by atoms with Crippen LogP contribution in [0.25, 0.3) is 0 Å². The summed E-state index contributed by atoms with van der Waals surface area (Å²) in [5.74, 6) is 0.216. The largest absolute Gasteiger partial charge is 0.312 e. The summed E-state index contributed by atoms with van der Waals surface area (Å²) in [6.07, 6.45) is 0.336. The number of nitrogens with one attached hydrogen (secondary N) is 1. The molecule has 1 N–H and O–H groups in total. The molecule has 110 valence electrons. The van der Waals surface area contributed by atoms with Crippen molar-refractivity contribution in [3.8, 4) is 0 Å². The van der Waals surface area contributed by atoms with Crippen molar-refractivity contribution in [3.63, 3.8) is 0 Å². The van der Waals surface area contributed by atoms with Gasteiger partial charge in [-0.1, -0.05) is 13.8 Å². The lowest BCUT2D eigenvalue weighted by Gasteiger charge is -2.15. The topological polar surface area (TPSA) is 66.5 Å². The van der Waals surface area contributed by atoms with E-state index in [2.05, 4.69) is 4.72 Å². The smallest absolute Gasteiger partial charge is 0.232 e. The van der Waals surface area contributed by atoms with Crippen molar-refractivity contribution in [3.05, 3.63) is 23.8 Å². The summed E-state index contributed by atoms with van der Waals surface area (Å²) in [6.45, 7) is 6.27. The highest BCUT2D eigenvalue weighted by Gasteiger charge is 2.26. The first kappa shape index (κ1) is 14.8. The highest BCUT2D eigenvalue weighted by molar-refractivity contribution is 7.92. The zero-order chi connectivity index (χ0) is 14.9. The molecule has 0 bridgehead atoms. The lowest BCUT2D eigenvalue weighted by atomic mass is 10.1. The molecular formula is C14H20N2O3S. The van der Waals surface area contributed by atoms with E-state index in [1.807, 2.05) is 20.8 Å². The second-order valence-electron chi connectivity index (χ2n) is 5.44. The van der Waals surface area contributed by atoms with Crippen molar-refractivity contribution in [2.24, 2.45) is 5.92 Å². The van der Waals surface area contributed by atoms with E-state index in [1.54, 1.807) is 23.1 Å². The van der Waals surface area contributed by atoms with Crippen molar-refractivity contribution < 1.29 is 13.2 Å². The zero-order valence-electron chi connectivity index (χ0n) is 12.0. The van der Waals surface area contributed by atoms with Crippen LogP contribution in [0.4, 0.5) is 11.4 Å². The number of sulfonamides is 1. The summed E-state index contributed by atoms with van der Waals surface area (Å²) in [5, 5.41) is 0. The molecule has 1 aliphatic heterocycles. The Morgan fingerprint density at radius 1 is 1.35 bits per heavy atom. The number of rotatable bonds is 5. The number of amides is 1. The fourth-order valence-electron chi connectivity index (χ4n) is 2.45. The van der Waals surface area contributed by atoms with Crippen LogP contribution in [-0.4, -0.2) is 26.6 Å². The molecule has 0 spiro atoms. The van der Waals surface area contributed by atoms with E-state index >= 15 is 0 Å². The van der Waals surface area contributed by atoms with E-state index in [0.717, 1.165) is 11.3 Å². The Labute approximate surface area is 120 Å². The summed E-state index contributed by atoms with van der Waals surface area (Å²) in [6, 6.07) is 5.26. The van der Waals surface area contributed by atoms with Gasteiger partial charge in [-0.05, 0) is 36.6 Å². The summed E-state index contributed by atoms with van der Waals surface area (Å²) in [7, 11) is -3.33. The Morgan fingerprint density at radius 2 is 2.05 bits per heavy atom. The van der Waals surface area contributed by atoms with Crippen LogP contribution in [0.15, 0.2) is 18.2 Å². The van der Waals surface area contributed by atoms with Crippen LogP contribution in [0.5, 0.6) is 0 Å². The first-order chi connectivity index (χ1) is 9.32. The highest BCUT2D eigenvalue weighted by atomic mass is 32.2. The second kappa shape index (κ2) is 5.44. The minimum atomic E-state index is -3.33. The fraction of sp³-hybridized carbons (Fsp3) is 0.500. The van der Waals surface area contributed by atoms with E-state index in [1.165, 1.54) is 0 Å². The van der Waals surface area contributed by atoms with Gasteiger partial charge >= 0.3 is 0 Å². The molecule has 1 heterocycles. The molecule has 0 fully saturated rings. The van der Waals surface area contributed by atoms with E-state index < -0.39 is 10.0 Å². The zero-order valence-corrected chi connectivity index (χ0v) is 12.8. The SMILES string of the molecule is CCN1C(=O)Cc2cc(NS(=O)(=O)CC(C)C)ccc21. The number of nitrogens with zero attached hydrogens (tertiary/aromatic N) is 1. The molecule has 0 atom stereocenters. The van der Waals surface area contributed by atoms with Gasteiger partial charge in [0, 0.05) is 17.9 Å². The molecule has 0 unspecified atom stereocenters. The van der Waals surface area contributed by atoms with Crippen molar-refractivity contribution >= 4 is 27.3 Å². The Morgan fingerprint density at radius 3 is 2.65 bits per heavy atom. The third-order valence-electron chi connectivity index (χ3n) is 3.16. The van der Waals surface area contributed by atoms with Gasteiger partial charge in [0.05, 0.1) is 12.2 Å².